The summed E-state index contributed by atoms with van der Waals surface area (Å²) in [4.78, 5) is 37.3. The normalized spacial score (nSPS) is 18.4. The molecule has 1 saturated heterocycles. The average molecular weight is 297 g/mol. The van der Waals surface area contributed by atoms with E-state index in [-0.39, 0.29) is 12.2 Å². The minimum atomic E-state index is -0.583. The molecule has 1 aliphatic heterocycles. The van der Waals surface area contributed by atoms with Gasteiger partial charge in [-0.15, -0.1) is 0 Å². The summed E-state index contributed by atoms with van der Waals surface area (Å²) < 4.78 is 4.73. The van der Waals surface area contributed by atoms with Crippen LogP contribution in [0.3, 0.4) is 0 Å². The first kappa shape index (κ1) is 17.7. The summed E-state index contributed by atoms with van der Waals surface area (Å²) in [5.74, 6) is -1.30. The highest BCUT2D eigenvalue weighted by molar-refractivity contribution is 6.36. The Hall–Kier alpha value is -1.39. The number of ether oxygens (including phenoxy) is 1. The first-order valence-electron chi connectivity index (χ1n) is 8.03. The number of Topliss-reactive ketones (excluding diaryl/α,β-unsaturated/α-hetero) is 1. The van der Waals surface area contributed by atoms with Crippen LogP contribution >= 0.6 is 0 Å². The molecule has 120 valence electrons. The summed E-state index contributed by atoms with van der Waals surface area (Å²) >= 11 is 0. The second-order valence-corrected chi connectivity index (χ2v) is 5.62. The van der Waals surface area contributed by atoms with E-state index < -0.39 is 17.9 Å². The lowest BCUT2D eigenvalue weighted by Gasteiger charge is -2.33. The smallest absolute Gasteiger partial charge is 0.328 e. The number of carbonyl (C=O) groups is 3. The van der Waals surface area contributed by atoms with Crippen LogP contribution in [0.5, 0.6) is 0 Å². The Kier molecular flexibility index (Phi) is 8.01. The Labute approximate surface area is 127 Å². The van der Waals surface area contributed by atoms with Crippen LogP contribution in [0.4, 0.5) is 0 Å². The highest BCUT2D eigenvalue weighted by atomic mass is 16.5. The van der Waals surface area contributed by atoms with Gasteiger partial charge in [0.2, 0.25) is 5.78 Å². The molecule has 0 aromatic heterocycles. The number of hydrogen-bond acceptors (Lipinski definition) is 4. The van der Waals surface area contributed by atoms with Gasteiger partial charge in [0, 0.05) is 13.0 Å². The number of hydrogen-bond donors (Lipinski definition) is 0. The van der Waals surface area contributed by atoms with E-state index >= 15 is 0 Å². The van der Waals surface area contributed by atoms with Gasteiger partial charge in [0.25, 0.3) is 5.91 Å². The minimum absolute atomic E-state index is 0.285. The Morgan fingerprint density at radius 2 is 1.81 bits per heavy atom. The Bertz CT molecular complexity index is 367. The summed E-state index contributed by atoms with van der Waals surface area (Å²) in [5.41, 5.74) is 0. The molecule has 1 unspecified atom stereocenters. The summed E-state index contributed by atoms with van der Waals surface area (Å²) in [6, 6.07) is -0.583. The van der Waals surface area contributed by atoms with E-state index in [1.807, 2.05) is 0 Å². The maximum Gasteiger partial charge on any atom is 0.328 e. The highest BCUT2D eigenvalue weighted by Gasteiger charge is 2.35. The third-order valence-electron chi connectivity index (χ3n) is 3.98. The molecular formula is C16H27NO4. The van der Waals surface area contributed by atoms with E-state index in [0.717, 1.165) is 38.5 Å². The molecule has 0 bridgehead atoms. The van der Waals surface area contributed by atoms with E-state index in [0.29, 0.717) is 13.0 Å². The summed E-state index contributed by atoms with van der Waals surface area (Å²) in [7, 11) is 1.31. The predicted octanol–water partition coefficient (Wildman–Crippen LogP) is 2.47. The van der Waals surface area contributed by atoms with Crippen molar-refractivity contribution >= 4 is 17.7 Å². The fraction of sp³-hybridized carbons (Fsp3) is 0.812. The van der Waals surface area contributed by atoms with Crippen LogP contribution in [0.25, 0.3) is 0 Å². The molecule has 0 aromatic carbocycles. The molecule has 5 nitrogen and oxygen atoms in total. The fourth-order valence-corrected chi connectivity index (χ4v) is 2.71. The Balaban J connectivity index is 2.47. The molecule has 1 amide bonds. The van der Waals surface area contributed by atoms with E-state index in [2.05, 4.69) is 6.92 Å². The third-order valence-corrected chi connectivity index (χ3v) is 3.98. The number of unbranched alkanes of at least 4 members (excludes halogenated alkanes) is 4. The first-order chi connectivity index (χ1) is 10.1. The number of carbonyl (C=O) groups excluding carboxylic acids is 3. The Morgan fingerprint density at radius 1 is 1.10 bits per heavy atom. The number of ketones is 1. The molecule has 21 heavy (non-hydrogen) atoms. The van der Waals surface area contributed by atoms with Gasteiger partial charge in [0.15, 0.2) is 0 Å². The van der Waals surface area contributed by atoms with Crippen LogP contribution in [0, 0.1) is 0 Å². The maximum absolute atomic E-state index is 12.2. The molecule has 0 aromatic rings. The number of rotatable bonds is 8. The van der Waals surface area contributed by atoms with Gasteiger partial charge in [-0.25, -0.2) is 4.79 Å². The molecule has 5 heteroatoms. The van der Waals surface area contributed by atoms with Gasteiger partial charge in [0.05, 0.1) is 7.11 Å². The lowest BCUT2D eigenvalue weighted by Crippen LogP contribution is -2.50. The number of amides is 1. The zero-order valence-electron chi connectivity index (χ0n) is 13.2. The minimum Gasteiger partial charge on any atom is -0.467 e. The van der Waals surface area contributed by atoms with E-state index in [1.165, 1.54) is 18.4 Å². The van der Waals surface area contributed by atoms with Crippen LogP contribution in [0.2, 0.25) is 0 Å². The largest absolute Gasteiger partial charge is 0.467 e. The van der Waals surface area contributed by atoms with Crippen molar-refractivity contribution in [1.82, 2.24) is 4.90 Å². The molecule has 1 rings (SSSR count). The van der Waals surface area contributed by atoms with Gasteiger partial charge in [-0.3, -0.25) is 9.59 Å². The molecule has 1 fully saturated rings. The van der Waals surface area contributed by atoms with Crippen LogP contribution in [0.1, 0.15) is 64.7 Å². The van der Waals surface area contributed by atoms with Crippen LogP contribution < -0.4 is 0 Å². The van der Waals surface area contributed by atoms with Crippen LogP contribution in [-0.4, -0.2) is 42.3 Å². The zero-order chi connectivity index (χ0) is 15.7. The molecule has 0 spiro atoms. The quantitative estimate of drug-likeness (QED) is 0.392. The molecule has 1 atom stereocenters. The molecular weight excluding hydrogens is 270 g/mol. The lowest BCUT2D eigenvalue weighted by molar-refractivity contribution is -0.157. The van der Waals surface area contributed by atoms with Crippen molar-refractivity contribution in [3.05, 3.63) is 0 Å². The molecule has 1 heterocycles. The number of piperidine rings is 1. The molecule has 0 radical (unpaired) electrons. The average Bonchev–Trinajstić information content (AvgIpc) is 2.53. The second kappa shape index (κ2) is 9.53. The number of likely N-dealkylation sites (tertiary alicyclic amines) is 1. The van der Waals surface area contributed by atoms with Gasteiger partial charge in [0.1, 0.15) is 6.04 Å². The molecule has 1 aliphatic rings. The fourth-order valence-electron chi connectivity index (χ4n) is 2.71. The van der Waals surface area contributed by atoms with Crippen molar-refractivity contribution in [3.8, 4) is 0 Å². The van der Waals surface area contributed by atoms with E-state index in [4.69, 9.17) is 4.74 Å². The maximum atomic E-state index is 12.2. The SMILES string of the molecule is CCCCCCCC(=O)C(=O)N1CCCCC1C(=O)OC. The second-order valence-electron chi connectivity index (χ2n) is 5.62. The van der Waals surface area contributed by atoms with Crippen molar-refractivity contribution in [2.45, 2.75) is 70.8 Å². The van der Waals surface area contributed by atoms with E-state index in [1.54, 1.807) is 0 Å². The molecule has 0 N–H and O–H groups in total. The lowest BCUT2D eigenvalue weighted by atomic mass is 10.0. The topological polar surface area (TPSA) is 63.7 Å². The van der Waals surface area contributed by atoms with E-state index in [9.17, 15) is 14.4 Å². The zero-order valence-corrected chi connectivity index (χ0v) is 13.2. The number of nitrogens with zero attached hydrogens (tertiary/aromatic N) is 1. The van der Waals surface area contributed by atoms with Crippen molar-refractivity contribution in [2.75, 3.05) is 13.7 Å². The van der Waals surface area contributed by atoms with Gasteiger partial charge in [-0.2, -0.15) is 0 Å². The highest BCUT2D eigenvalue weighted by Crippen LogP contribution is 2.19. The van der Waals surface area contributed by atoms with Crippen molar-refractivity contribution in [3.63, 3.8) is 0 Å². The van der Waals surface area contributed by atoms with Gasteiger partial charge >= 0.3 is 5.97 Å². The molecule has 0 aliphatic carbocycles. The predicted molar refractivity (Wildman–Crippen MR) is 79.8 cm³/mol. The summed E-state index contributed by atoms with van der Waals surface area (Å²) in [5, 5.41) is 0. The van der Waals surface area contributed by atoms with Crippen molar-refractivity contribution < 1.29 is 19.1 Å². The third kappa shape index (κ3) is 5.48. The molecule has 0 saturated carbocycles. The first-order valence-corrected chi connectivity index (χ1v) is 8.03. The standard InChI is InChI=1S/C16H27NO4/c1-3-4-5-6-7-11-14(18)15(19)17-12-9-8-10-13(17)16(20)21-2/h13H,3-12H2,1-2H3. The van der Waals surface area contributed by atoms with Crippen molar-refractivity contribution in [2.24, 2.45) is 0 Å². The van der Waals surface area contributed by atoms with Crippen LogP contribution in [0.15, 0.2) is 0 Å². The van der Waals surface area contributed by atoms with Gasteiger partial charge < -0.3 is 9.64 Å². The summed E-state index contributed by atoms with van der Waals surface area (Å²) in [6.07, 6.45) is 7.74. The van der Waals surface area contributed by atoms with Crippen molar-refractivity contribution in [1.29, 1.82) is 0 Å². The monoisotopic (exact) mass is 297 g/mol. The number of esters is 1. The number of methoxy groups -OCH3 is 1. The Morgan fingerprint density at radius 3 is 2.48 bits per heavy atom. The van der Waals surface area contributed by atoms with Crippen LogP contribution in [-0.2, 0) is 19.1 Å². The van der Waals surface area contributed by atoms with Gasteiger partial charge in [-0.1, -0.05) is 32.6 Å². The van der Waals surface area contributed by atoms with Gasteiger partial charge in [-0.05, 0) is 25.7 Å². The summed E-state index contributed by atoms with van der Waals surface area (Å²) in [6.45, 7) is 2.61.